The number of carbonyl (C=O) groups excluding carboxylic acids is 3. The van der Waals surface area contributed by atoms with Crippen LogP contribution in [0, 0.1) is 50.2 Å². The van der Waals surface area contributed by atoms with E-state index in [2.05, 4.69) is 26.8 Å². The number of carboxylic acids is 1. The fourth-order valence-corrected chi connectivity index (χ4v) is 20.9. The van der Waals surface area contributed by atoms with Gasteiger partial charge in [-0.05, 0) is 130 Å². The lowest BCUT2D eigenvalue weighted by atomic mass is 9.33. The van der Waals surface area contributed by atoms with Gasteiger partial charge < -0.3 is 153 Å². The predicted molar refractivity (Wildman–Crippen MR) is 383 cm³/mol. The maximum absolute atomic E-state index is 16.3. The number of hydrogen-bond acceptors (Lipinski definition) is 34. The van der Waals surface area contributed by atoms with Gasteiger partial charge in [0.1, 0.15) is 121 Å². The van der Waals surface area contributed by atoms with Crippen LogP contribution in [0.4, 0.5) is 0 Å². The van der Waals surface area contributed by atoms with E-state index < -0.39 is 267 Å². The standard InChI is InChI=1S/C78H126O35/c1-36-61(109-66-57(94)51(88)42(83)33-103-66)55(92)60(97)68(106-36)111-63-62(110-67-58(95)52(89)43(84)34-104-67)45(107-49(86)20-16-12-11-15-19-37(80)18-14-10-8-9-13-17-27-101-65-56(93)50(87)41(82)32-102-65)35-105-70(63)113-72(100)78-26-25-73(2,3)28-39(78)38-21-22-46-74(4)29-40(81)64(112-69-59(96)54(91)53(90)44(31-79)108-69)77(7,71(98)99)47(74)23-24-75(46,5)76(38,6)30-48(78)85/h21,36,39-48,50-70,79,81-85,87-97H,8-20,22-35H2,1-7H3,(H,98,99)/t36-,39-,40-,41+,42+,43-,44+,45-,46+,47+,48+,50-,51-,52-,53+,54-,55-,56+,57+,58+,59+,60+,61-,62-,63+,64-,65+,66-,67-,68-,69-,70-,74+,75+,76+,77-,78+/m0/s1. The molecule has 35 nitrogen and oxygen atoms in total. The molecule has 0 radical (unpaired) electrons. The first-order valence-electron chi connectivity index (χ1n) is 40.7. The fraction of sp³-hybridized carbons (Fsp3) is 0.923. The van der Waals surface area contributed by atoms with Crippen molar-refractivity contribution in [2.75, 3.05) is 39.6 Å². The van der Waals surface area contributed by atoms with E-state index >= 15 is 4.79 Å². The number of fused-ring (bicyclic) bond motifs is 7. The quantitative estimate of drug-likeness (QED) is 0.0166. The van der Waals surface area contributed by atoms with E-state index in [1.807, 2.05) is 13.8 Å². The Balaban J connectivity index is 0.808. The van der Waals surface area contributed by atoms with Gasteiger partial charge in [-0.15, -0.1) is 0 Å². The van der Waals surface area contributed by atoms with Crippen LogP contribution in [0.25, 0.3) is 0 Å². The molecule has 18 N–H and O–H groups in total. The van der Waals surface area contributed by atoms with Gasteiger partial charge in [0.15, 0.2) is 43.7 Å². The lowest BCUT2D eigenvalue weighted by Crippen LogP contribution is -2.71. The zero-order chi connectivity index (χ0) is 82.4. The van der Waals surface area contributed by atoms with Crippen LogP contribution in [0.15, 0.2) is 11.6 Å². The number of hydrogen-bond donors (Lipinski definition) is 18. The van der Waals surface area contributed by atoms with Crippen molar-refractivity contribution < 1.29 is 173 Å². The van der Waals surface area contributed by atoms with Crippen LogP contribution in [0.3, 0.4) is 0 Å². The van der Waals surface area contributed by atoms with Crippen LogP contribution in [0.2, 0.25) is 0 Å². The average molecular weight is 1620 g/mol. The molecule has 648 valence electrons. The Morgan fingerprint density at radius 3 is 1.61 bits per heavy atom. The van der Waals surface area contributed by atoms with Crippen LogP contribution in [-0.4, -0.2) is 333 Å². The summed E-state index contributed by atoms with van der Waals surface area (Å²) in [4.78, 5) is 57.3. The third-order valence-corrected chi connectivity index (χ3v) is 27.9. The van der Waals surface area contributed by atoms with Crippen LogP contribution in [0.5, 0.6) is 0 Å². The molecule has 4 saturated carbocycles. The molecular formula is C78H126O35. The van der Waals surface area contributed by atoms with Gasteiger partial charge in [0, 0.05) is 25.9 Å². The van der Waals surface area contributed by atoms with Gasteiger partial charge >= 0.3 is 17.9 Å². The molecular weight excluding hydrogens is 1500 g/mol. The van der Waals surface area contributed by atoms with Crippen molar-refractivity contribution in [2.24, 2.45) is 50.2 Å². The first kappa shape index (κ1) is 90.5. The van der Waals surface area contributed by atoms with Gasteiger partial charge in [-0.3, -0.25) is 19.2 Å². The van der Waals surface area contributed by atoms with Crippen molar-refractivity contribution in [3.05, 3.63) is 11.6 Å². The summed E-state index contributed by atoms with van der Waals surface area (Å²) >= 11 is 0. The molecule has 5 aliphatic carbocycles. The van der Waals surface area contributed by atoms with E-state index in [1.165, 1.54) is 13.8 Å². The number of ketones is 1. The van der Waals surface area contributed by atoms with E-state index in [1.54, 1.807) is 0 Å². The van der Waals surface area contributed by atoms with E-state index in [0.29, 0.717) is 77.2 Å². The fourth-order valence-electron chi connectivity index (χ4n) is 20.9. The molecule has 35 heteroatoms. The molecule has 0 bridgehead atoms. The van der Waals surface area contributed by atoms with Crippen molar-refractivity contribution >= 4 is 23.7 Å². The molecule has 6 heterocycles. The number of ether oxygens (including phenoxy) is 13. The Bertz CT molecular complexity index is 3200. The van der Waals surface area contributed by atoms with Crippen molar-refractivity contribution in [1.82, 2.24) is 0 Å². The Hall–Kier alpha value is -3.30. The van der Waals surface area contributed by atoms with Crippen molar-refractivity contribution in [3.63, 3.8) is 0 Å². The molecule has 11 aliphatic rings. The molecule has 0 aromatic carbocycles. The van der Waals surface area contributed by atoms with Crippen LogP contribution >= 0.6 is 0 Å². The normalized spacial score (nSPS) is 47.8. The van der Waals surface area contributed by atoms with E-state index in [9.17, 15) is 106 Å². The molecule has 0 amide bonds. The van der Waals surface area contributed by atoms with Gasteiger partial charge in [-0.25, -0.2) is 0 Å². The lowest BCUT2D eigenvalue weighted by Gasteiger charge is -2.71. The Morgan fingerprint density at radius 2 is 1.01 bits per heavy atom. The van der Waals surface area contributed by atoms with Crippen molar-refractivity contribution in [3.8, 4) is 0 Å². The van der Waals surface area contributed by atoms with E-state index in [-0.39, 0.29) is 50.4 Å². The molecule has 11 rings (SSSR count). The first-order valence-corrected chi connectivity index (χ1v) is 40.7. The second-order valence-corrected chi connectivity index (χ2v) is 35.7. The van der Waals surface area contributed by atoms with Gasteiger partial charge in [0.2, 0.25) is 6.29 Å². The third-order valence-electron chi connectivity index (χ3n) is 27.9. The third kappa shape index (κ3) is 18.1. The molecule has 0 spiro atoms. The molecule has 37 atom stereocenters. The second-order valence-electron chi connectivity index (χ2n) is 35.7. The van der Waals surface area contributed by atoms with Gasteiger partial charge in [0.25, 0.3) is 0 Å². The largest absolute Gasteiger partial charge is 0.481 e. The Labute approximate surface area is 657 Å². The number of aliphatic hydroxyl groups is 17. The van der Waals surface area contributed by atoms with Crippen LogP contribution in [0.1, 0.15) is 183 Å². The zero-order valence-electron chi connectivity index (χ0n) is 65.6. The number of Topliss-reactive ketones (excluding diaryl/α,β-unsaturated/α-hetero) is 1. The summed E-state index contributed by atoms with van der Waals surface area (Å²) < 4.78 is 78.3. The molecule has 0 aromatic rings. The summed E-state index contributed by atoms with van der Waals surface area (Å²) in [5.41, 5.74) is -5.90. The molecule has 6 aliphatic heterocycles. The maximum Gasteiger partial charge on any atom is 0.317 e. The van der Waals surface area contributed by atoms with E-state index in [4.69, 9.17) is 61.6 Å². The SMILES string of the molecule is C[C@@H]1O[C@@H](O[C@H]2[C@H](OC(=O)[C@]34CCC(C)(C)C[C@H]3C3=CC[C@@H]5[C@@]6(C)C[C@H](O)[C@H](O[C@@H]7O[C@H](CO)[C@@H](O)[C@H](O)[C@H]7O)[C@@](C)(C(=O)O)[C@@H]6CC[C@@]5(C)[C@]3(C)C[C@H]4O)OC[C@H](OC(=O)CCCCCCC(=O)CCCCCCCCO[C@@H]3OC[C@@H](O)[C@H](O)[C@H]3O)[C@@H]2O[C@@H]2OC[C@H](O)[C@H](O)[C@H]2O)[C@H](O)[C@H](O)[C@H]1O[C@@H]1OC[C@@H](O)[C@H](O)[C@H]1O. The lowest BCUT2D eigenvalue weighted by molar-refractivity contribution is -0.382. The summed E-state index contributed by atoms with van der Waals surface area (Å²) in [6.07, 6.45) is -36.8. The van der Waals surface area contributed by atoms with Gasteiger partial charge in [-0.1, -0.05) is 84.8 Å². The minimum absolute atomic E-state index is 0.00291. The molecule has 6 saturated heterocycles. The van der Waals surface area contributed by atoms with Crippen molar-refractivity contribution in [1.29, 1.82) is 0 Å². The summed E-state index contributed by atoms with van der Waals surface area (Å²) in [7, 11) is 0. The van der Waals surface area contributed by atoms with Gasteiger partial charge in [-0.2, -0.15) is 0 Å². The number of allylic oxidation sites excluding steroid dienone is 2. The number of aliphatic hydroxyl groups excluding tert-OH is 17. The summed E-state index contributed by atoms with van der Waals surface area (Å²) in [5, 5.41) is 198. The van der Waals surface area contributed by atoms with Crippen molar-refractivity contribution in [2.45, 2.75) is 361 Å². The summed E-state index contributed by atoms with van der Waals surface area (Å²) in [6.45, 7) is 10.8. The Kier molecular flexibility index (Phi) is 29.6. The number of aliphatic carboxylic acids is 1. The number of carbonyl (C=O) groups is 4. The molecule has 10 fully saturated rings. The highest BCUT2D eigenvalue weighted by atomic mass is 16.8. The smallest absolute Gasteiger partial charge is 0.317 e. The second kappa shape index (κ2) is 37.0. The summed E-state index contributed by atoms with van der Waals surface area (Å²) in [6, 6.07) is 0. The van der Waals surface area contributed by atoms with E-state index in [0.717, 1.165) is 37.7 Å². The monoisotopic (exact) mass is 1620 g/mol. The highest BCUT2D eigenvalue weighted by Crippen LogP contribution is 2.76. The average Bonchev–Trinajstić information content (AvgIpc) is 0.667. The zero-order valence-corrected chi connectivity index (χ0v) is 65.6. The molecule has 0 unspecified atom stereocenters. The first-order chi connectivity index (χ1) is 53.3. The number of esters is 2. The van der Waals surface area contributed by atoms with Gasteiger partial charge in [0.05, 0.1) is 56.8 Å². The molecule has 113 heavy (non-hydrogen) atoms. The highest BCUT2D eigenvalue weighted by Gasteiger charge is 2.75. The number of unbranched alkanes of at least 4 members (excludes halogenated alkanes) is 8. The Morgan fingerprint density at radius 1 is 0.487 bits per heavy atom. The highest BCUT2D eigenvalue weighted by molar-refractivity contribution is 5.80. The minimum atomic E-state index is -2.11. The number of rotatable bonds is 30. The predicted octanol–water partition coefficient (Wildman–Crippen LogP) is -1.61. The maximum atomic E-state index is 16.3. The minimum Gasteiger partial charge on any atom is -0.481 e. The van der Waals surface area contributed by atoms with Crippen LogP contribution in [-0.2, 0) is 80.8 Å². The molecule has 0 aromatic heterocycles. The van der Waals surface area contributed by atoms with Crippen LogP contribution < -0.4 is 0 Å². The number of carboxylic acid groups (broad SMARTS) is 1. The topological polar surface area (TPSA) is 552 Å². The summed E-state index contributed by atoms with van der Waals surface area (Å²) in [5.74, 6) is -4.79.